The molecule has 0 saturated carbocycles. The van der Waals surface area contributed by atoms with Crippen molar-refractivity contribution in [3.05, 3.63) is 16.6 Å². The maximum absolute atomic E-state index is 5.41. The molecule has 8 heteroatoms. The summed E-state index contributed by atoms with van der Waals surface area (Å²) < 4.78 is 5.41. The maximum Gasteiger partial charge on any atom is 0.323 e. The van der Waals surface area contributed by atoms with Crippen LogP contribution in [0.4, 0.5) is 11.9 Å². The summed E-state index contributed by atoms with van der Waals surface area (Å²) in [6, 6.07) is 0.339. The zero-order valence-corrected chi connectivity index (χ0v) is 13.4. The molecular weight excluding hydrogens is 288 g/mol. The molecule has 1 N–H and O–H groups in total. The van der Waals surface area contributed by atoms with E-state index in [0.29, 0.717) is 31.1 Å². The second-order valence-electron chi connectivity index (χ2n) is 4.44. The van der Waals surface area contributed by atoms with Gasteiger partial charge in [0.05, 0.1) is 24.4 Å². The number of anilines is 2. The van der Waals surface area contributed by atoms with E-state index in [1.54, 1.807) is 11.3 Å². The summed E-state index contributed by atoms with van der Waals surface area (Å²) in [5, 5.41) is 5.18. The molecule has 2 heterocycles. The van der Waals surface area contributed by atoms with E-state index >= 15 is 0 Å². The molecule has 0 aromatic carbocycles. The van der Waals surface area contributed by atoms with Gasteiger partial charge in [0.25, 0.3) is 0 Å². The first-order valence-corrected chi connectivity index (χ1v) is 7.88. The van der Waals surface area contributed by atoms with Crippen LogP contribution in [-0.2, 0) is 6.54 Å². The lowest BCUT2D eigenvalue weighted by molar-refractivity contribution is 0.312. The van der Waals surface area contributed by atoms with Crippen molar-refractivity contribution >= 4 is 23.2 Å². The molecule has 21 heavy (non-hydrogen) atoms. The summed E-state index contributed by atoms with van der Waals surface area (Å²) in [5.74, 6) is 1.11. The fourth-order valence-corrected chi connectivity index (χ4v) is 2.20. The lowest BCUT2D eigenvalue weighted by Crippen LogP contribution is -2.21. The highest BCUT2D eigenvalue weighted by atomic mass is 32.1. The van der Waals surface area contributed by atoms with Crippen molar-refractivity contribution in [1.82, 2.24) is 19.9 Å². The van der Waals surface area contributed by atoms with Crippen molar-refractivity contribution in [2.75, 3.05) is 30.4 Å². The number of thiazole rings is 1. The van der Waals surface area contributed by atoms with Crippen LogP contribution in [0.15, 0.2) is 10.9 Å². The van der Waals surface area contributed by atoms with Crippen LogP contribution in [0, 0.1) is 0 Å². The molecule has 0 amide bonds. The van der Waals surface area contributed by atoms with Crippen LogP contribution >= 0.6 is 11.3 Å². The predicted molar refractivity (Wildman–Crippen MR) is 84.0 cm³/mol. The van der Waals surface area contributed by atoms with E-state index in [9.17, 15) is 0 Å². The Morgan fingerprint density at radius 2 is 2.14 bits per heavy atom. The first-order chi connectivity index (χ1) is 10.2. The number of ether oxygens (including phenoxy) is 1. The van der Waals surface area contributed by atoms with Crippen LogP contribution in [0.5, 0.6) is 6.01 Å². The molecule has 7 nitrogen and oxygen atoms in total. The minimum Gasteiger partial charge on any atom is -0.464 e. The zero-order valence-electron chi connectivity index (χ0n) is 12.5. The van der Waals surface area contributed by atoms with Crippen LogP contribution < -0.4 is 15.0 Å². The van der Waals surface area contributed by atoms with E-state index in [-0.39, 0.29) is 0 Å². The first-order valence-electron chi connectivity index (χ1n) is 6.93. The Morgan fingerprint density at radius 3 is 2.81 bits per heavy atom. The largest absolute Gasteiger partial charge is 0.464 e. The van der Waals surface area contributed by atoms with Crippen molar-refractivity contribution in [3.8, 4) is 6.01 Å². The molecule has 2 aromatic rings. The van der Waals surface area contributed by atoms with Crippen LogP contribution in [0.3, 0.4) is 0 Å². The Bertz CT molecular complexity index is 548. The average molecular weight is 308 g/mol. The van der Waals surface area contributed by atoms with E-state index in [1.165, 1.54) is 0 Å². The van der Waals surface area contributed by atoms with Crippen molar-refractivity contribution in [3.63, 3.8) is 0 Å². The molecule has 0 aliphatic carbocycles. The van der Waals surface area contributed by atoms with E-state index in [1.807, 2.05) is 29.8 Å². The van der Waals surface area contributed by atoms with Gasteiger partial charge in [-0.25, -0.2) is 4.98 Å². The molecule has 0 aliphatic rings. The number of nitrogens with zero attached hydrogens (tertiary/aromatic N) is 5. The Labute approximate surface area is 128 Å². The number of aromatic nitrogens is 4. The van der Waals surface area contributed by atoms with Gasteiger partial charge in [-0.3, -0.25) is 0 Å². The van der Waals surface area contributed by atoms with Crippen molar-refractivity contribution in [2.45, 2.75) is 26.8 Å². The quantitative estimate of drug-likeness (QED) is 0.801. The lowest BCUT2D eigenvalue weighted by Gasteiger charge is -2.17. The lowest BCUT2D eigenvalue weighted by atomic mass is 10.4. The predicted octanol–water partition coefficient (Wildman–Crippen LogP) is 2.19. The van der Waals surface area contributed by atoms with Gasteiger partial charge in [0.2, 0.25) is 11.9 Å². The van der Waals surface area contributed by atoms with E-state index in [4.69, 9.17) is 4.74 Å². The summed E-state index contributed by atoms with van der Waals surface area (Å²) >= 11 is 1.57. The Balaban J connectivity index is 2.17. The van der Waals surface area contributed by atoms with Gasteiger partial charge >= 0.3 is 6.01 Å². The highest BCUT2D eigenvalue weighted by Gasteiger charge is 2.12. The standard InChI is InChI=1S/C13H20N6OS/c1-4-6-14-11-16-12(18-13(17-11)20-5-2)19(3)7-10-8-21-9-15-10/h8-9H,4-7H2,1-3H3,(H,14,16,17,18). The monoisotopic (exact) mass is 308 g/mol. The van der Waals surface area contributed by atoms with Gasteiger partial charge in [-0.15, -0.1) is 11.3 Å². The van der Waals surface area contributed by atoms with Gasteiger partial charge in [-0.2, -0.15) is 15.0 Å². The van der Waals surface area contributed by atoms with Gasteiger partial charge < -0.3 is 15.0 Å². The van der Waals surface area contributed by atoms with E-state index in [2.05, 4.69) is 32.2 Å². The number of nitrogens with one attached hydrogen (secondary N) is 1. The topological polar surface area (TPSA) is 76.1 Å². The van der Waals surface area contributed by atoms with Crippen LogP contribution in [0.25, 0.3) is 0 Å². The van der Waals surface area contributed by atoms with Gasteiger partial charge in [-0.05, 0) is 13.3 Å². The summed E-state index contributed by atoms with van der Waals surface area (Å²) in [4.78, 5) is 19.2. The molecule has 0 unspecified atom stereocenters. The van der Waals surface area contributed by atoms with Crippen LogP contribution in [-0.4, -0.2) is 40.1 Å². The third-order valence-corrected chi connectivity index (χ3v) is 3.27. The van der Waals surface area contributed by atoms with Crippen molar-refractivity contribution in [1.29, 1.82) is 0 Å². The summed E-state index contributed by atoms with van der Waals surface area (Å²) in [6.07, 6.45) is 1.000. The van der Waals surface area contributed by atoms with E-state index in [0.717, 1.165) is 18.7 Å². The third-order valence-electron chi connectivity index (χ3n) is 2.63. The molecule has 0 bridgehead atoms. The molecule has 0 fully saturated rings. The van der Waals surface area contributed by atoms with Gasteiger partial charge in [-0.1, -0.05) is 6.92 Å². The number of rotatable bonds is 8. The van der Waals surface area contributed by atoms with Gasteiger partial charge in [0.15, 0.2) is 0 Å². The number of hydrogen-bond donors (Lipinski definition) is 1. The zero-order chi connectivity index (χ0) is 15.1. The molecule has 0 aliphatic heterocycles. The average Bonchev–Trinajstić information content (AvgIpc) is 2.98. The Kier molecular flexibility index (Phi) is 5.68. The SMILES string of the molecule is CCCNc1nc(OCC)nc(N(C)Cc2cscn2)n1. The molecule has 0 saturated heterocycles. The molecule has 0 atom stereocenters. The molecule has 2 rings (SSSR count). The van der Waals surface area contributed by atoms with Gasteiger partial charge in [0.1, 0.15) is 0 Å². The minimum absolute atomic E-state index is 0.339. The Morgan fingerprint density at radius 1 is 1.29 bits per heavy atom. The highest BCUT2D eigenvalue weighted by molar-refractivity contribution is 7.07. The fraction of sp³-hybridized carbons (Fsp3) is 0.538. The minimum atomic E-state index is 0.339. The summed E-state index contributed by atoms with van der Waals surface area (Å²) in [6.45, 7) is 5.97. The molecular formula is C13H20N6OS. The second-order valence-corrected chi connectivity index (χ2v) is 5.16. The third kappa shape index (κ3) is 4.52. The Hall–Kier alpha value is -1.96. The van der Waals surface area contributed by atoms with Crippen LogP contribution in [0.1, 0.15) is 26.0 Å². The normalized spacial score (nSPS) is 10.4. The van der Waals surface area contributed by atoms with Crippen molar-refractivity contribution < 1.29 is 4.74 Å². The van der Waals surface area contributed by atoms with Crippen LogP contribution in [0.2, 0.25) is 0 Å². The fourth-order valence-electron chi connectivity index (χ4n) is 1.66. The molecule has 0 radical (unpaired) electrons. The van der Waals surface area contributed by atoms with Crippen molar-refractivity contribution in [2.24, 2.45) is 0 Å². The number of hydrogen-bond acceptors (Lipinski definition) is 8. The van der Waals surface area contributed by atoms with E-state index < -0.39 is 0 Å². The second kappa shape index (κ2) is 7.72. The maximum atomic E-state index is 5.41. The molecule has 0 spiro atoms. The molecule has 114 valence electrons. The smallest absolute Gasteiger partial charge is 0.323 e. The summed E-state index contributed by atoms with van der Waals surface area (Å²) in [5.41, 5.74) is 2.81. The van der Waals surface area contributed by atoms with Gasteiger partial charge in [0, 0.05) is 19.0 Å². The summed E-state index contributed by atoms with van der Waals surface area (Å²) in [7, 11) is 1.92. The molecule has 2 aromatic heterocycles. The highest BCUT2D eigenvalue weighted by Crippen LogP contribution is 2.16. The first kappa shape index (κ1) is 15.4.